The highest BCUT2D eigenvalue weighted by atomic mass is 35.5. The van der Waals surface area contributed by atoms with Crippen LogP contribution in [0.4, 0.5) is 4.39 Å². The van der Waals surface area contributed by atoms with E-state index in [0.717, 1.165) is 31.2 Å². The first-order chi connectivity index (χ1) is 14.5. The molecule has 30 heavy (non-hydrogen) atoms. The molecule has 1 aliphatic carbocycles. The minimum atomic E-state index is -0.306. The fourth-order valence-electron chi connectivity index (χ4n) is 3.63. The van der Waals surface area contributed by atoms with E-state index in [-0.39, 0.29) is 23.9 Å². The zero-order chi connectivity index (χ0) is 21.1. The number of nitrogens with zero attached hydrogens (tertiary/aromatic N) is 3. The van der Waals surface area contributed by atoms with Gasteiger partial charge in [0, 0.05) is 30.9 Å². The molecular weight excluding hydrogens is 407 g/mol. The normalized spacial score (nSPS) is 18.8. The molecule has 1 amide bonds. The van der Waals surface area contributed by atoms with Crippen molar-refractivity contribution >= 4 is 17.5 Å². The largest absolute Gasteiger partial charge is 0.474 e. The van der Waals surface area contributed by atoms with Gasteiger partial charge in [-0.15, -0.1) is 0 Å². The van der Waals surface area contributed by atoms with Gasteiger partial charge in [-0.3, -0.25) is 9.48 Å². The molecule has 1 saturated carbocycles. The van der Waals surface area contributed by atoms with Crippen molar-refractivity contribution in [3.8, 4) is 17.1 Å². The predicted molar refractivity (Wildman–Crippen MR) is 112 cm³/mol. The maximum Gasteiger partial charge on any atom is 0.269 e. The second kappa shape index (κ2) is 8.83. The van der Waals surface area contributed by atoms with E-state index in [1.165, 1.54) is 12.1 Å². The second-order valence-electron chi connectivity index (χ2n) is 7.42. The number of halogens is 2. The lowest BCUT2D eigenvalue weighted by molar-refractivity contribution is 0.0881. The summed E-state index contributed by atoms with van der Waals surface area (Å²) in [6.45, 7) is 0. The molecule has 0 aliphatic heterocycles. The van der Waals surface area contributed by atoms with Crippen LogP contribution in [0.1, 0.15) is 36.2 Å². The molecule has 1 aliphatic rings. The number of hydrogen-bond acceptors (Lipinski definition) is 4. The van der Waals surface area contributed by atoms with Crippen molar-refractivity contribution in [2.24, 2.45) is 7.05 Å². The van der Waals surface area contributed by atoms with Gasteiger partial charge in [0.05, 0.1) is 10.7 Å². The Hall–Kier alpha value is -2.93. The number of benzene rings is 1. The molecule has 6 nitrogen and oxygen atoms in total. The van der Waals surface area contributed by atoms with Gasteiger partial charge in [0.15, 0.2) is 0 Å². The average Bonchev–Trinajstić information content (AvgIpc) is 3.13. The Bertz CT molecular complexity index is 1010. The van der Waals surface area contributed by atoms with Crippen LogP contribution in [0.25, 0.3) is 11.3 Å². The number of aromatic nitrogens is 3. The van der Waals surface area contributed by atoms with E-state index in [4.69, 9.17) is 16.3 Å². The molecule has 2 aromatic heterocycles. The van der Waals surface area contributed by atoms with E-state index < -0.39 is 0 Å². The molecule has 0 unspecified atom stereocenters. The third-order valence-electron chi connectivity index (χ3n) is 5.25. The molecule has 0 atom stereocenters. The quantitative estimate of drug-likeness (QED) is 0.654. The van der Waals surface area contributed by atoms with E-state index in [2.05, 4.69) is 15.4 Å². The van der Waals surface area contributed by atoms with Gasteiger partial charge in [0.1, 0.15) is 17.6 Å². The number of hydrogen-bond donors (Lipinski definition) is 1. The van der Waals surface area contributed by atoms with Gasteiger partial charge in [0.25, 0.3) is 5.91 Å². The van der Waals surface area contributed by atoms with E-state index in [0.29, 0.717) is 22.3 Å². The third kappa shape index (κ3) is 4.79. The van der Waals surface area contributed by atoms with Crippen LogP contribution in [-0.2, 0) is 7.05 Å². The Morgan fingerprint density at radius 3 is 2.57 bits per heavy atom. The van der Waals surface area contributed by atoms with Crippen molar-refractivity contribution in [2.75, 3.05) is 0 Å². The van der Waals surface area contributed by atoms with E-state index in [1.807, 2.05) is 0 Å². The lowest BCUT2D eigenvalue weighted by atomic mass is 9.93. The fraction of sp³-hybridized carbons (Fsp3) is 0.318. The smallest absolute Gasteiger partial charge is 0.269 e. The summed E-state index contributed by atoms with van der Waals surface area (Å²) in [5.41, 5.74) is 1.87. The summed E-state index contributed by atoms with van der Waals surface area (Å²) in [5.74, 6) is 0.0938. The third-order valence-corrected chi connectivity index (χ3v) is 5.47. The Morgan fingerprint density at radius 2 is 1.90 bits per heavy atom. The van der Waals surface area contributed by atoms with Crippen molar-refractivity contribution in [1.82, 2.24) is 20.1 Å². The number of carbonyl (C=O) groups excluding carboxylic acids is 1. The number of nitrogens with one attached hydrogen (secondary N) is 1. The summed E-state index contributed by atoms with van der Waals surface area (Å²) >= 11 is 5.85. The lowest BCUT2D eigenvalue weighted by Gasteiger charge is -2.29. The van der Waals surface area contributed by atoms with Crippen molar-refractivity contribution < 1.29 is 13.9 Å². The summed E-state index contributed by atoms with van der Waals surface area (Å²) in [5, 5.41) is 8.06. The van der Waals surface area contributed by atoms with E-state index >= 15 is 0 Å². The van der Waals surface area contributed by atoms with Gasteiger partial charge in [0.2, 0.25) is 5.88 Å². The maximum atomic E-state index is 13.1. The van der Waals surface area contributed by atoms with E-state index in [9.17, 15) is 9.18 Å². The van der Waals surface area contributed by atoms with E-state index in [1.54, 1.807) is 48.3 Å². The molecule has 0 spiro atoms. The predicted octanol–water partition coefficient (Wildman–Crippen LogP) is 4.39. The summed E-state index contributed by atoms with van der Waals surface area (Å²) in [6, 6.07) is 11.4. The minimum Gasteiger partial charge on any atom is -0.474 e. The first kappa shape index (κ1) is 20.3. The Morgan fingerprint density at radius 1 is 1.17 bits per heavy atom. The number of rotatable bonds is 5. The summed E-state index contributed by atoms with van der Waals surface area (Å²) in [7, 11) is 1.73. The first-order valence-electron chi connectivity index (χ1n) is 9.87. The van der Waals surface area contributed by atoms with Crippen LogP contribution in [0.2, 0.25) is 5.02 Å². The maximum absolute atomic E-state index is 13.1. The first-order valence-corrected chi connectivity index (χ1v) is 10.2. The lowest BCUT2D eigenvalue weighted by Crippen LogP contribution is -2.40. The number of ether oxygens (including phenoxy) is 1. The number of pyridine rings is 1. The Kier molecular flexibility index (Phi) is 5.99. The van der Waals surface area contributed by atoms with Crippen molar-refractivity contribution in [2.45, 2.75) is 37.8 Å². The summed E-state index contributed by atoms with van der Waals surface area (Å²) in [4.78, 5) is 16.9. The molecule has 0 saturated heterocycles. The van der Waals surface area contributed by atoms with Crippen LogP contribution in [0.5, 0.6) is 5.88 Å². The van der Waals surface area contributed by atoms with Crippen LogP contribution in [0.3, 0.4) is 0 Å². The molecule has 3 aromatic rings. The topological polar surface area (TPSA) is 69.0 Å². The monoisotopic (exact) mass is 428 g/mol. The molecule has 0 bridgehead atoms. The van der Waals surface area contributed by atoms with Gasteiger partial charge in [-0.05, 0) is 62.1 Å². The average molecular weight is 429 g/mol. The molecule has 2 heterocycles. The highest BCUT2D eigenvalue weighted by Crippen LogP contribution is 2.24. The van der Waals surface area contributed by atoms with Crippen LogP contribution in [-0.4, -0.2) is 32.8 Å². The van der Waals surface area contributed by atoms with Crippen LogP contribution in [0.15, 0.2) is 48.7 Å². The zero-order valence-electron chi connectivity index (χ0n) is 16.5. The Balaban J connectivity index is 1.32. The molecule has 156 valence electrons. The molecule has 1 aromatic carbocycles. The van der Waals surface area contributed by atoms with Crippen molar-refractivity contribution in [1.29, 1.82) is 0 Å². The molecule has 4 rings (SSSR count). The van der Waals surface area contributed by atoms with Gasteiger partial charge in [-0.25, -0.2) is 9.37 Å². The van der Waals surface area contributed by atoms with Gasteiger partial charge in [-0.2, -0.15) is 5.10 Å². The standard InChI is InChI=1S/C22H22ClFN4O2/c1-28-20(12-19(27-28)14-2-5-16(24)6-3-14)22(29)26-17-7-9-18(10-8-17)30-21-11-4-15(23)13-25-21/h2-6,11-13,17-18H,7-10H2,1H3,(H,26,29). The number of aryl methyl sites for hydroxylation is 1. The number of carbonyl (C=O) groups is 1. The SMILES string of the molecule is Cn1nc(-c2ccc(F)cc2)cc1C(=O)NC1CCC(Oc2ccc(Cl)cn2)CC1. The molecule has 1 N–H and O–H groups in total. The fourth-order valence-corrected chi connectivity index (χ4v) is 3.74. The zero-order valence-corrected chi connectivity index (χ0v) is 17.3. The molecular formula is C22H22ClFN4O2. The van der Waals surface area contributed by atoms with Crippen LogP contribution >= 0.6 is 11.6 Å². The highest BCUT2D eigenvalue weighted by molar-refractivity contribution is 6.30. The van der Waals surface area contributed by atoms with Gasteiger partial charge < -0.3 is 10.1 Å². The molecule has 1 fully saturated rings. The Labute approximate surface area is 179 Å². The summed E-state index contributed by atoms with van der Waals surface area (Å²) in [6.07, 6.45) is 4.97. The van der Waals surface area contributed by atoms with Gasteiger partial charge in [-0.1, -0.05) is 11.6 Å². The van der Waals surface area contributed by atoms with Gasteiger partial charge >= 0.3 is 0 Å². The number of amides is 1. The molecule has 8 heteroatoms. The van der Waals surface area contributed by atoms with Crippen LogP contribution in [0, 0.1) is 5.82 Å². The van der Waals surface area contributed by atoms with Crippen molar-refractivity contribution in [3.63, 3.8) is 0 Å². The highest BCUT2D eigenvalue weighted by Gasteiger charge is 2.25. The summed E-state index contributed by atoms with van der Waals surface area (Å²) < 4.78 is 20.6. The van der Waals surface area contributed by atoms with Crippen LogP contribution < -0.4 is 10.1 Å². The molecule has 0 radical (unpaired) electrons. The van der Waals surface area contributed by atoms with Crippen molar-refractivity contribution in [3.05, 3.63) is 65.2 Å². The second-order valence-corrected chi connectivity index (χ2v) is 7.86. The minimum absolute atomic E-state index is 0.0774.